The summed E-state index contributed by atoms with van der Waals surface area (Å²) in [5, 5.41) is 11.2. The molecular formula is C22H18ClN3O5S. The highest BCUT2D eigenvalue weighted by Crippen LogP contribution is 2.34. The van der Waals surface area contributed by atoms with Crippen molar-refractivity contribution >= 4 is 52.2 Å². The molecule has 1 aliphatic heterocycles. The van der Waals surface area contributed by atoms with Crippen LogP contribution in [-0.2, 0) is 9.59 Å². The fraction of sp³-hybridized carbons (Fsp3) is 0.182. The summed E-state index contributed by atoms with van der Waals surface area (Å²) in [6.45, 7) is 1.64. The highest BCUT2D eigenvalue weighted by atomic mass is 35.5. The summed E-state index contributed by atoms with van der Waals surface area (Å²) in [6.07, 6.45) is 1.54. The molecular weight excluding hydrogens is 454 g/mol. The van der Waals surface area contributed by atoms with Gasteiger partial charge in [-0.1, -0.05) is 23.7 Å². The van der Waals surface area contributed by atoms with Crippen LogP contribution in [0.15, 0.2) is 47.4 Å². The monoisotopic (exact) mass is 471 g/mol. The number of ether oxygens (including phenoxy) is 2. The average molecular weight is 472 g/mol. The molecule has 3 amide bonds. The molecule has 8 nitrogen and oxygen atoms in total. The largest absolute Gasteiger partial charge is 0.490 e. The first kappa shape index (κ1) is 23.2. The molecule has 0 radical (unpaired) electrons. The van der Waals surface area contributed by atoms with E-state index in [1.54, 1.807) is 49.4 Å². The number of rotatable bonds is 8. The minimum absolute atomic E-state index is 0.129. The molecule has 0 aliphatic carbocycles. The number of hydrogen-bond donors (Lipinski definition) is 1. The fourth-order valence-corrected chi connectivity index (χ4v) is 3.84. The van der Waals surface area contributed by atoms with Crippen LogP contribution < -0.4 is 14.8 Å². The average Bonchev–Trinajstić information content (AvgIpc) is 3.00. The summed E-state index contributed by atoms with van der Waals surface area (Å²) >= 11 is 6.64. The second-order valence-electron chi connectivity index (χ2n) is 6.41. The number of nitrogens with zero attached hydrogens (tertiary/aromatic N) is 2. The topological polar surface area (TPSA) is 109 Å². The third-order valence-corrected chi connectivity index (χ3v) is 5.28. The number of halogens is 1. The quantitative estimate of drug-likeness (QED) is 0.571. The number of hydrogen-bond acceptors (Lipinski definition) is 7. The SMILES string of the molecule is CCOc1cc(C=C2SC(=O)N(CC(=O)Nc3cccc(Cl)c3)C2=O)ccc1OCC#N. The van der Waals surface area contributed by atoms with Gasteiger partial charge in [0.2, 0.25) is 5.91 Å². The van der Waals surface area contributed by atoms with Crippen molar-refractivity contribution < 1.29 is 23.9 Å². The number of thioether (sulfide) groups is 1. The van der Waals surface area contributed by atoms with E-state index in [0.717, 1.165) is 16.7 Å². The van der Waals surface area contributed by atoms with E-state index < -0.39 is 23.6 Å². The van der Waals surface area contributed by atoms with Gasteiger partial charge in [-0.25, -0.2) is 0 Å². The van der Waals surface area contributed by atoms with Crippen molar-refractivity contribution in [3.05, 3.63) is 58.0 Å². The Bertz CT molecular complexity index is 1130. The molecule has 10 heteroatoms. The van der Waals surface area contributed by atoms with Gasteiger partial charge in [0, 0.05) is 10.7 Å². The van der Waals surface area contributed by atoms with Crippen LogP contribution in [0.25, 0.3) is 6.08 Å². The Kier molecular flexibility index (Phi) is 7.76. The molecule has 1 saturated heterocycles. The summed E-state index contributed by atoms with van der Waals surface area (Å²) in [6, 6.07) is 13.4. The molecule has 0 atom stereocenters. The molecule has 3 rings (SSSR count). The van der Waals surface area contributed by atoms with Crippen molar-refractivity contribution in [2.75, 3.05) is 25.1 Å². The number of nitrogens with one attached hydrogen (secondary N) is 1. The van der Waals surface area contributed by atoms with Gasteiger partial charge < -0.3 is 14.8 Å². The van der Waals surface area contributed by atoms with Gasteiger partial charge in [-0.05, 0) is 60.7 Å². The fourth-order valence-electron chi connectivity index (χ4n) is 2.81. The van der Waals surface area contributed by atoms with Gasteiger partial charge in [-0.2, -0.15) is 5.26 Å². The van der Waals surface area contributed by atoms with Crippen LogP contribution in [0.1, 0.15) is 12.5 Å². The van der Waals surface area contributed by atoms with E-state index in [1.807, 2.05) is 6.07 Å². The number of nitriles is 1. The Morgan fingerprint density at radius 1 is 1.22 bits per heavy atom. The van der Waals surface area contributed by atoms with Crippen LogP contribution >= 0.6 is 23.4 Å². The lowest BCUT2D eigenvalue weighted by molar-refractivity contribution is -0.127. The van der Waals surface area contributed by atoms with Crippen molar-refractivity contribution in [3.8, 4) is 17.6 Å². The van der Waals surface area contributed by atoms with E-state index >= 15 is 0 Å². The van der Waals surface area contributed by atoms with Crippen molar-refractivity contribution in [1.82, 2.24) is 4.90 Å². The second kappa shape index (κ2) is 10.7. The maximum Gasteiger partial charge on any atom is 0.294 e. The van der Waals surface area contributed by atoms with Crippen LogP contribution in [0.5, 0.6) is 11.5 Å². The Labute approximate surface area is 193 Å². The maximum atomic E-state index is 12.7. The van der Waals surface area contributed by atoms with Gasteiger partial charge in [0.25, 0.3) is 11.1 Å². The minimum atomic E-state index is -0.566. The van der Waals surface area contributed by atoms with Crippen LogP contribution in [0.2, 0.25) is 5.02 Å². The molecule has 1 N–H and O–H groups in total. The van der Waals surface area contributed by atoms with Crippen molar-refractivity contribution in [3.63, 3.8) is 0 Å². The Morgan fingerprint density at radius 2 is 2.03 bits per heavy atom. The lowest BCUT2D eigenvalue weighted by Crippen LogP contribution is -2.36. The number of amides is 3. The molecule has 0 unspecified atom stereocenters. The number of carbonyl (C=O) groups is 3. The summed E-state index contributed by atoms with van der Waals surface area (Å²) in [4.78, 5) is 38.4. The Balaban J connectivity index is 1.72. The van der Waals surface area contributed by atoms with Crippen LogP contribution in [0.3, 0.4) is 0 Å². The smallest absolute Gasteiger partial charge is 0.294 e. The van der Waals surface area contributed by atoms with E-state index in [2.05, 4.69) is 5.32 Å². The zero-order valence-electron chi connectivity index (χ0n) is 17.0. The lowest BCUT2D eigenvalue weighted by atomic mass is 10.2. The Hall–Kier alpha value is -3.48. The predicted octanol–water partition coefficient (Wildman–Crippen LogP) is 4.32. The van der Waals surface area contributed by atoms with Gasteiger partial charge in [0.05, 0.1) is 11.5 Å². The molecule has 0 saturated carbocycles. The van der Waals surface area contributed by atoms with E-state index in [0.29, 0.717) is 34.4 Å². The summed E-state index contributed by atoms with van der Waals surface area (Å²) in [7, 11) is 0. The normalized spacial score (nSPS) is 14.4. The highest BCUT2D eigenvalue weighted by Gasteiger charge is 2.36. The third-order valence-electron chi connectivity index (χ3n) is 4.14. The van der Waals surface area contributed by atoms with Gasteiger partial charge in [-0.3, -0.25) is 19.3 Å². The van der Waals surface area contributed by atoms with Crippen LogP contribution in [-0.4, -0.2) is 41.7 Å². The molecule has 0 bridgehead atoms. The highest BCUT2D eigenvalue weighted by molar-refractivity contribution is 8.18. The van der Waals surface area contributed by atoms with E-state index in [1.165, 1.54) is 6.08 Å². The van der Waals surface area contributed by atoms with Gasteiger partial charge >= 0.3 is 0 Å². The summed E-state index contributed by atoms with van der Waals surface area (Å²) in [5.41, 5.74) is 1.07. The zero-order chi connectivity index (χ0) is 23.1. The van der Waals surface area contributed by atoms with Crippen molar-refractivity contribution in [2.24, 2.45) is 0 Å². The molecule has 164 valence electrons. The Morgan fingerprint density at radius 3 is 2.75 bits per heavy atom. The van der Waals surface area contributed by atoms with Crippen LogP contribution in [0, 0.1) is 11.3 Å². The number of carbonyl (C=O) groups excluding carboxylic acids is 3. The lowest BCUT2D eigenvalue weighted by Gasteiger charge is -2.12. The summed E-state index contributed by atoms with van der Waals surface area (Å²) in [5.74, 6) is -0.273. The first-order valence-electron chi connectivity index (χ1n) is 9.48. The zero-order valence-corrected chi connectivity index (χ0v) is 18.5. The van der Waals surface area contributed by atoms with E-state index in [9.17, 15) is 14.4 Å². The third kappa shape index (κ3) is 5.81. The minimum Gasteiger partial charge on any atom is -0.490 e. The first-order chi connectivity index (χ1) is 15.4. The molecule has 0 aromatic heterocycles. The molecule has 1 heterocycles. The molecule has 32 heavy (non-hydrogen) atoms. The summed E-state index contributed by atoms with van der Waals surface area (Å²) < 4.78 is 10.9. The molecule has 1 aliphatic rings. The van der Waals surface area contributed by atoms with E-state index in [-0.39, 0.29) is 11.5 Å². The van der Waals surface area contributed by atoms with E-state index in [4.69, 9.17) is 26.3 Å². The maximum absolute atomic E-state index is 12.7. The van der Waals surface area contributed by atoms with Crippen LogP contribution in [0.4, 0.5) is 10.5 Å². The number of benzene rings is 2. The second-order valence-corrected chi connectivity index (χ2v) is 7.84. The van der Waals surface area contributed by atoms with Gasteiger partial charge in [0.1, 0.15) is 12.6 Å². The number of imide groups is 1. The number of anilines is 1. The predicted molar refractivity (Wildman–Crippen MR) is 121 cm³/mol. The molecule has 2 aromatic rings. The molecule has 1 fully saturated rings. The van der Waals surface area contributed by atoms with Crippen molar-refractivity contribution in [2.45, 2.75) is 6.92 Å². The van der Waals surface area contributed by atoms with Gasteiger partial charge in [0.15, 0.2) is 18.1 Å². The standard InChI is InChI=1S/C22H18ClN3O5S/c1-2-30-18-10-14(6-7-17(18)31-9-8-24)11-19-21(28)26(22(29)32-19)13-20(27)25-16-5-3-4-15(23)12-16/h3-7,10-12H,2,9,13H2,1H3,(H,25,27). The van der Waals surface area contributed by atoms with Crippen molar-refractivity contribution in [1.29, 1.82) is 5.26 Å². The molecule has 2 aromatic carbocycles. The first-order valence-corrected chi connectivity index (χ1v) is 10.7. The van der Waals surface area contributed by atoms with Gasteiger partial charge in [-0.15, -0.1) is 0 Å². The molecule has 0 spiro atoms.